The SMILES string of the molecule is NC(=S)c1ccccc1Oc1ccccc1Br. The van der Waals surface area contributed by atoms with Gasteiger partial charge in [-0.1, -0.05) is 36.5 Å². The monoisotopic (exact) mass is 307 g/mol. The second kappa shape index (κ2) is 5.29. The number of rotatable bonds is 3. The molecule has 0 aliphatic heterocycles. The Balaban J connectivity index is 2.37. The molecule has 0 atom stereocenters. The fourth-order valence-electron chi connectivity index (χ4n) is 1.41. The van der Waals surface area contributed by atoms with Crippen LogP contribution in [0.1, 0.15) is 5.56 Å². The maximum absolute atomic E-state index is 5.79. The number of thiocarbonyl (C=S) groups is 1. The Bertz CT molecular complexity index is 557. The van der Waals surface area contributed by atoms with E-state index < -0.39 is 0 Å². The number of hydrogen-bond donors (Lipinski definition) is 1. The average Bonchev–Trinajstić information content (AvgIpc) is 2.32. The summed E-state index contributed by atoms with van der Waals surface area (Å²) in [4.78, 5) is 0.327. The van der Waals surface area contributed by atoms with E-state index in [-0.39, 0.29) is 0 Å². The highest BCUT2D eigenvalue weighted by atomic mass is 79.9. The van der Waals surface area contributed by atoms with Crippen molar-refractivity contribution in [2.24, 2.45) is 5.73 Å². The first-order valence-electron chi connectivity index (χ1n) is 4.99. The van der Waals surface area contributed by atoms with Gasteiger partial charge in [0.15, 0.2) is 0 Å². The molecule has 0 aromatic heterocycles. The summed E-state index contributed by atoms with van der Waals surface area (Å²) in [6.07, 6.45) is 0. The van der Waals surface area contributed by atoms with Crippen molar-refractivity contribution in [2.45, 2.75) is 0 Å². The number of halogens is 1. The third kappa shape index (κ3) is 2.84. The summed E-state index contributed by atoms with van der Waals surface area (Å²) in [5.41, 5.74) is 6.38. The van der Waals surface area contributed by atoms with Gasteiger partial charge in [0, 0.05) is 0 Å². The maximum Gasteiger partial charge on any atom is 0.141 e. The predicted octanol–water partition coefficient (Wildman–Crippen LogP) is 3.88. The molecule has 0 unspecified atom stereocenters. The fourth-order valence-corrected chi connectivity index (χ4v) is 1.94. The van der Waals surface area contributed by atoms with E-state index in [4.69, 9.17) is 22.7 Å². The van der Waals surface area contributed by atoms with Crippen LogP contribution in [0.25, 0.3) is 0 Å². The van der Waals surface area contributed by atoms with E-state index in [1.54, 1.807) is 0 Å². The van der Waals surface area contributed by atoms with Crippen LogP contribution in [0.15, 0.2) is 53.0 Å². The van der Waals surface area contributed by atoms with Gasteiger partial charge >= 0.3 is 0 Å². The second-order valence-electron chi connectivity index (χ2n) is 3.39. The molecule has 2 aromatic rings. The van der Waals surface area contributed by atoms with Gasteiger partial charge in [-0.3, -0.25) is 0 Å². The molecule has 17 heavy (non-hydrogen) atoms. The summed E-state index contributed by atoms with van der Waals surface area (Å²) >= 11 is 8.41. The summed E-state index contributed by atoms with van der Waals surface area (Å²) in [6.45, 7) is 0. The van der Waals surface area contributed by atoms with Crippen LogP contribution in [0, 0.1) is 0 Å². The van der Waals surface area contributed by atoms with Crippen molar-refractivity contribution in [1.29, 1.82) is 0 Å². The number of hydrogen-bond acceptors (Lipinski definition) is 2. The molecule has 0 heterocycles. The molecule has 0 saturated carbocycles. The van der Waals surface area contributed by atoms with Gasteiger partial charge in [-0.15, -0.1) is 0 Å². The highest BCUT2D eigenvalue weighted by Gasteiger charge is 2.07. The molecule has 0 amide bonds. The minimum Gasteiger partial charge on any atom is -0.455 e. The van der Waals surface area contributed by atoms with Crippen LogP contribution >= 0.6 is 28.1 Å². The van der Waals surface area contributed by atoms with Gasteiger partial charge in [-0.2, -0.15) is 0 Å². The fraction of sp³-hybridized carbons (Fsp3) is 0. The van der Waals surface area contributed by atoms with E-state index in [1.165, 1.54) is 0 Å². The molecule has 0 spiro atoms. The lowest BCUT2D eigenvalue weighted by molar-refractivity contribution is 0.479. The normalized spacial score (nSPS) is 9.94. The molecule has 2 rings (SSSR count). The first-order chi connectivity index (χ1) is 8.18. The Morgan fingerprint density at radius 2 is 1.59 bits per heavy atom. The van der Waals surface area contributed by atoms with Crippen LogP contribution in [-0.4, -0.2) is 4.99 Å². The van der Waals surface area contributed by atoms with Crippen molar-refractivity contribution in [1.82, 2.24) is 0 Å². The molecule has 0 aliphatic carbocycles. The smallest absolute Gasteiger partial charge is 0.141 e. The van der Waals surface area contributed by atoms with E-state index in [1.807, 2.05) is 48.5 Å². The van der Waals surface area contributed by atoms with Crippen LogP contribution in [0.5, 0.6) is 11.5 Å². The largest absolute Gasteiger partial charge is 0.455 e. The van der Waals surface area contributed by atoms with E-state index in [2.05, 4.69) is 15.9 Å². The van der Waals surface area contributed by atoms with Gasteiger partial charge in [-0.25, -0.2) is 0 Å². The minimum absolute atomic E-state index is 0.327. The molecule has 86 valence electrons. The Labute approximate surface area is 114 Å². The van der Waals surface area contributed by atoms with Gasteiger partial charge in [-0.05, 0) is 40.2 Å². The quantitative estimate of drug-likeness (QED) is 0.874. The van der Waals surface area contributed by atoms with Crippen LogP contribution in [-0.2, 0) is 0 Å². The molecule has 0 aliphatic rings. The van der Waals surface area contributed by atoms with Crippen molar-refractivity contribution in [2.75, 3.05) is 0 Å². The Hall–Kier alpha value is -1.39. The van der Waals surface area contributed by atoms with Crippen LogP contribution in [0.2, 0.25) is 0 Å². The van der Waals surface area contributed by atoms with Crippen molar-refractivity contribution in [3.63, 3.8) is 0 Å². The number of benzene rings is 2. The van der Waals surface area contributed by atoms with E-state index in [0.717, 1.165) is 15.8 Å². The number of nitrogens with two attached hydrogens (primary N) is 1. The number of ether oxygens (including phenoxy) is 1. The Morgan fingerprint density at radius 3 is 2.24 bits per heavy atom. The molecular weight excluding hydrogens is 298 g/mol. The van der Waals surface area contributed by atoms with Gasteiger partial charge in [0.1, 0.15) is 16.5 Å². The van der Waals surface area contributed by atoms with E-state index in [0.29, 0.717) is 10.7 Å². The molecule has 0 radical (unpaired) electrons. The van der Waals surface area contributed by atoms with Crippen LogP contribution in [0.3, 0.4) is 0 Å². The molecule has 0 bridgehead atoms. The Kier molecular flexibility index (Phi) is 3.76. The third-order valence-electron chi connectivity index (χ3n) is 2.21. The van der Waals surface area contributed by atoms with Gasteiger partial charge < -0.3 is 10.5 Å². The zero-order valence-electron chi connectivity index (χ0n) is 8.89. The average molecular weight is 308 g/mol. The molecule has 0 saturated heterocycles. The van der Waals surface area contributed by atoms with Crippen molar-refractivity contribution >= 4 is 33.1 Å². The van der Waals surface area contributed by atoms with Crippen LogP contribution in [0.4, 0.5) is 0 Å². The molecule has 4 heteroatoms. The third-order valence-corrected chi connectivity index (χ3v) is 3.08. The molecule has 0 fully saturated rings. The lowest BCUT2D eigenvalue weighted by Crippen LogP contribution is -2.10. The first-order valence-corrected chi connectivity index (χ1v) is 6.20. The zero-order valence-corrected chi connectivity index (χ0v) is 11.3. The summed E-state index contributed by atoms with van der Waals surface area (Å²) in [5.74, 6) is 1.39. The molecule has 2 N–H and O–H groups in total. The molecule has 2 nitrogen and oxygen atoms in total. The minimum atomic E-state index is 0.327. The van der Waals surface area contributed by atoms with Gasteiger partial charge in [0.2, 0.25) is 0 Å². The van der Waals surface area contributed by atoms with Crippen LogP contribution < -0.4 is 10.5 Å². The van der Waals surface area contributed by atoms with E-state index >= 15 is 0 Å². The highest BCUT2D eigenvalue weighted by molar-refractivity contribution is 9.10. The lowest BCUT2D eigenvalue weighted by atomic mass is 10.2. The second-order valence-corrected chi connectivity index (χ2v) is 4.69. The van der Waals surface area contributed by atoms with Crippen molar-refractivity contribution in [3.8, 4) is 11.5 Å². The van der Waals surface area contributed by atoms with Gasteiger partial charge in [0.25, 0.3) is 0 Å². The zero-order chi connectivity index (χ0) is 12.3. The summed E-state index contributed by atoms with van der Waals surface area (Å²) in [6, 6.07) is 15.1. The molecular formula is C13H10BrNOS. The highest BCUT2D eigenvalue weighted by Crippen LogP contribution is 2.30. The summed E-state index contributed by atoms with van der Waals surface area (Å²) in [7, 11) is 0. The topological polar surface area (TPSA) is 35.2 Å². The first kappa shape index (κ1) is 12.1. The molecule has 2 aromatic carbocycles. The maximum atomic E-state index is 5.79. The predicted molar refractivity (Wildman–Crippen MR) is 76.5 cm³/mol. The standard InChI is InChI=1S/C13H10BrNOS/c14-10-6-2-4-8-12(10)16-11-7-3-1-5-9(11)13(15)17/h1-8H,(H2,15,17). The number of para-hydroxylation sites is 2. The summed E-state index contributed by atoms with van der Waals surface area (Å²) < 4.78 is 6.67. The van der Waals surface area contributed by atoms with Crippen molar-refractivity contribution in [3.05, 3.63) is 58.6 Å². The Morgan fingerprint density at radius 1 is 1.00 bits per heavy atom. The van der Waals surface area contributed by atoms with E-state index in [9.17, 15) is 0 Å². The summed E-state index contributed by atoms with van der Waals surface area (Å²) in [5, 5.41) is 0. The lowest BCUT2D eigenvalue weighted by Gasteiger charge is -2.11. The van der Waals surface area contributed by atoms with Gasteiger partial charge in [0.05, 0.1) is 10.0 Å². The van der Waals surface area contributed by atoms with Crippen molar-refractivity contribution < 1.29 is 4.74 Å².